The fraction of sp³-hybridized carbons (Fsp3) is 0.588. The Bertz CT molecular complexity index is 668. The number of hydrogen-bond acceptors (Lipinski definition) is 3. The molecule has 1 atom stereocenters. The number of urea groups is 1. The first kappa shape index (κ1) is 16.3. The van der Waals surface area contributed by atoms with Crippen LogP contribution < -0.4 is 5.32 Å². The second-order valence-electron chi connectivity index (χ2n) is 6.65. The van der Waals surface area contributed by atoms with Gasteiger partial charge in [-0.05, 0) is 31.7 Å². The lowest BCUT2D eigenvalue weighted by molar-refractivity contribution is 0.183. The number of nitrogens with zero attached hydrogens (tertiary/aromatic N) is 1. The van der Waals surface area contributed by atoms with Crippen molar-refractivity contribution in [2.24, 2.45) is 0 Å². The topological polar surface area (TPSA) is 66.5 Å². The van der Waals surface area contributed by atoms with Gasteiger partial charge in [0.2, 0.25) is 0 Å². The lowest BCUT2D eigenvalue weighted by Gasteiger charge is -2.28. The molecular weight excluding hydrogens is 312 g/mol. The van der Waals surface area contributed by atoms with Crippen molar-refractivity contribution in [2.45, 2.75) is 37.6 Å². The number of carbonyl (C=O) groups excluding carboxylic acids is 1. The first-order valence-corrected chi connectivity index (χ1v) is 10.1. The van der Waals surface area contributed by atoms with E-state index in [1.807, 2.05) is 25.1 Å². The minimum atomic E-state index is -2.98. The molecule has 1 aliphatic carbocycles. The minimum Gasteiger partial charge on any atom is -0.337 e. The smallest absolute Gasteiger partial charge is 0.317 e. The van der Waals surface area contributed by atoms with Crippen LogP contribution in [0.25, 0.3) is 0 Å². The van der Waals surface area contributed by atoms with Crippen molar-refractivity contribution in [3.8, 4) is 0 Å². The zero-order chi connectivity index (χ0) is 16.5. The largest absolute Gasteiger partial charge is 0.337 e. The molecule has 1 aromatic carbocycles. The van der Waals surface area contributed by atoms with E-state index in [-0.39, 0.29) is 29.0 Å². The van der Waals surface area contributed by atoms with Gasteiger partial charge in [-0.25, -0.2) is 13.2 Å². The molecule has 0 radical (unpaired) electrons. The van der Waals surface area contributed by atoms with Gasteiger partial charge in [0.1, 0.15) is 0 Å². The number of rotatable bonds is 5. The second kappa shape index (κ2) is 6.15. The Labute approximate surface area is 138 Å². The quantitative estimate of drug-likeness (QED) is 0.893. The van der Waals surface area contributed by atoms with E-state index in [2.05, 4.69) is 17.4 Å². The highest BCUT2D eigenvalue weighted by Gasteiger charge is 2.44. The molecule has 2 aliphatic rings. The number of hydrogen-bond donors (Lipinski definition) is 1. The molecule has 126 valence electrons. The number of sulfone groups is 1. The van der Waals surface area contributed by atoms with Gasteiger partial charge in [0.15, 0.2) is 9.84 Å². The first-order chi connectivity index (χ1) is 11.0. The summed E-state index contributed by atoms with van der Waals surface area (Å²) in [6, 6.07) is 9.95. The Morgan fingerprint density at radius 2 is 2.00 bits per heavy atom. The SMILES string of the molecule is CCN(C(=O)NCC1(c2ccccc2)CC1)C1CCS(=O)(=O)C1. The van der Waals surface area contributed by atoms with E-state index < -0.39 is 9.84 Å². The highest BCUT2D eigenvalue weighted by atomic mass is 32.2. The summed E-state index contributed by atoms with van der Waals surface area (Å²) in [5, 5.41) is 3.03. The van der Waals surface area contributed by atoms with E-state index in [9.17, 15) is 13.2 Å². The molecule has 0 spiro atoms. The van der Waals surface area contributed by atoms with Crippen molar-refractivity contribution in [1.29, 1.82) is 0 Å². The predicted octanol–water partition coefficient (Wildman–Crippen LogP) is 1.94. The van der Waals surface area contributed by atoms with Crippen molar-refractivity contribution in [3.05, 3.63) is 35.9 Å². The Balaban J connectivity index is 1.60. The number of carbonyl (C=O) groups is 1. The van der Waals surface area contributed by atoms with Crippen molar-refractivity contribution >= 4 is 15.9 Å². The second-order valence-corrected chi connectivity index (χ2v) is 8.88. The van der Waals surface area contributed by atoms with Gasteiger partial charge in [0.05, 0.1) is 11.5 Å². The highest BCUT2D eigenvalue weighted by molar-refractivity contribution is 7.91. The maximum absolute atomic E-state index is 12.5. The monoisotopic (exact) mass is 336 g/mol. The molecule has 5 nitrogen and oxygen atoms in total. The average molecular weight is 336 g/mol. The van der Waals surface area contributed by atoms with Gasteiger partial charge >= 0.3 is 6.03 Å². The zero-order valence-corrected chi connectivity index (χ0v) is 14.3. The van der Waals surface area contributed by atoms with Crippen molar-refractivity contribution in [1.82, 2.24) is 10.2 Å². The molecule has 1 aliphatic heterocycles. The van der Waals surface area contributed by atoms with Crippen LogP contribution in [0.4, 0.5) is 4.79 Å². The van der Waals surface area contributed by atoms with Crippen LogP contribution in [0.2, 0.25) is 0 Å². The molecule has 0 bridgehead atoms. The molecule has 1 heterocycles. The number of benzene rings is 1. The third-order valence-electron chi connectivity index (χ3n) is 5.07. The molecule has 1 saturated carbocycles. The van der Waals surface area contributed by atoms with Gasteiger partial charge < -0.3 is 10.2 Å². The van der Waals surface area contributed by atoms with Crippen LogP contribution in [-0.4, -0.2) is 50.0 Å². The molecule has 3 rings (SSSR count). The Morgan fingerprint density at radius 1 is 1.30 bits per heavy atom. The molecule has 0 aromatic heterocycles. The van der Waals surface area contributed by atoms with Crippen LogP contribution in [0.15, 0.2) is 30.3 Å². The van der Waals surface area contributed by atoms with Crippen LogP contribution in [-0.2, 0) is 15.3 Å². The first-order valence-electron chi connectivity index (χ1n) is 8.26. The average Bonchev–Trinajstić information content (AvgIpc) is 3.25. The molecular formula is C17H24N2O3S. The van der Waals surface area contributed by atoms with Crippen LogP contribution in [0.5, 0.6) is 0 Å². The lowest BCUT2D eigenvalue weighted by atomic mass is 9.96. The zero-order valence-electron chi connectivity index (χ0n) is 13.5. The molecule has 6 heteroatoms. The van der Waals surface area contributed by atoms with Crippen LogP contribution in [0.3, 0.4) is 0 Å². The summed E-state index contributed by atoms with van der Waals surface area (Å²) in [4.78, 5) is 14.2. The van der Waals surface area contributed by atoms with Crippen molar-refractivity contribution in [2.75, 3.05) is 24.6 Å². The summed E-state index contributed by atoms with van der Waals surface area (Å²) in [7, 11) is -2.98. The van der Waals surface area contributed by atoms with Crippen LogP contribution in [0.1, 0.15) is 31.7 Å². The fourth-order valence-electron chi connectivity index (χ4n) is 3.45. The van der Waals surface area contributed by atoms with Gasteiger partial charge in [-0.2, -0.15) is 0 Å². The summed E-state index contributed by atoms with van der Waals surface area (Å²) >= 11 is 0. The molecule has 1 unspecified atom stereocenters. The van der Waals surface area contributed by atoms with Gasteiger partial charge in [-0.3, -0.25) is 0 Å². The summed E-state index contributed by atoms with van der Waals surface area (Å²) in [5.41, 5.74) is 1.34. The third kappa shape index (κ3) is 3.52. The Morgan fingerprint density at radius 3 is 2.52 bits per heavy atom. The maximum Gasteiger partial charge on any atom is 0.317 e. The van der Waals surface area contributed by atoms with Crippen molar-refractivity contribution in [3.63, 3.8) is 0 Å². The van der Waals surface area contributed by atoms with E-state index >= 15 is 0 Å². The summed E-state index contributed by atoms with van der Waals surface area (Å²) < 4.78 is 23.3. The summed E-state index contributed by atoms with van der Waals surface area (Å²) in [6.45, 7) is 3.05. The standard InChI is InChI=1S/C17H24N2O3S/c1-2-19(15-8-11-23(21,22)12-15)16(20)18-13-17(9-10-17)14-6-4-3-5-7-14/h3-7,15H,2,8-13H2,1H3,(H,18,20). The Kier molecular flexibility index (Phi) is 4.36. The van der Waals surface area contributed by atoms with E-state index in [1.165, 1.54) is 5.56 Å². The normalized spacial score (nSPS) is 24.1. The van der Waals surface area contributed by atoms with E-state index in [0.29, 0.717) is 19.5 Å². The lowest BCUT2D eigenvalue weighted by Crippen LogP contribution is -2.48. The highest BCUT2D eigenvalue weighted by Crippen LogP contribution is 2.47. The van der Waals surface area contributed by atoms with Gasteiger partial charge in [-0.1, -0.05) is 30.3 Å². The van der Waals surface area contributed by atoms with E-state index in [0.717, 1.165) is 12.8 Å². The van der Waals surface area contributed by atoms with Crippen molar-refractivity contribution < 1.29 is 13.2 Å². The van der Waals surface area contributed by atoms with Gasteiger partial charge in [0, 0.05) is 24.5 Å². The Hall–Kier alpha value is -1.56. The molecule has 2 amide bonds. The molecule has 2 fully saturated rings. The number of nitrogens with one attached hydrogen (secondary N) is 1. The van der Waals surface area contributed by atoms with Gasteiger partial charge in [0.25, 0.3) is 0 Å². The molecule has 1 saturated heterocycles. The van der Waals surface area contributed by atoms with Gasteiger partial charge in [-0.15, -0.1) is 0 Å². The van der Waals surface area contributed by atoms with Crippen LogP contribution in [0, 0.1) is 0 Å². The third-order valence-corrected chi connectivity index (χ3v) is 6.82. The minimum absolute atomic E-state index is 0.0675. The number of amides is 2. The molecule has 1 aromatic rings. The molecule has 23 heavy (non-hydrogen) atoms. The molecule has 1 N–H and O–H groups in total. The predicted molar refractivity (Wildman–Crippen MR) is 90.2 cm³/mol. The summed E-state index contributed by atoms with van der Waals surface area (Å²) in [6.07, 6.45) is 2.72. The summed E-state index contributed by atoms with van der Waals surface area (Å²) in [5.74, 6) is 0.285. The van der Waals surface area contributed by atoms with E-state index in [4.69, 9.17) is 0 Å². The van der Waals surface area contributed by atoms with E-state index in [1.54, 1.807) is 4.90 Å². The fourth-order valence-corrected chi connectivity index (χ4v) is 5.18. The van der Waals surface area contributed by atoms with Crippen LogP contribution >= 0.6 is 0 Å². The maximum atomic E-state index is 12.5.